The molecule has 1 saturated heterocycles. The fraction of sp³-hybridized carbons (Fsp3) is 0.750. The zero-order chi connectivity index (χ0) is 8.97. The molecule has 68 valence electrons. The molecule has 0 aromatic rings. The second kappa shape index (κ2) is 4.21. The molecule has 1 heterocycles. The predicted molar refractivity (Wildman–Crippen MR) is 42.6 cm³/mol. The molecule has 0 aliphatic carbocycles. The first-order valence-corrected chi connectivity index (χ1v) is 4.04. The molecule has 0 radical (unpaired) electrons. The molecule has 1 N–H and O–H groups in total. The van der Waals surface area contributed by atoms with Gasteiger partial charge in [0.1, 0.15) is 12.3 Å². The number of aldehydes is 1. The molecule has 0 aromatic heterocycles. The Morgan fingerprint density at radius 1 is 1.58 bits per heavy atom. The van der Waals surface area contributed by atoms with Crippen molar-refractivity contribution in [1.82, 2.24) is 5.32 Å². The van der Waals surface area contributed by atoms with Crippen molar-refractivity contribution in [2.75, 3.05) is 13.7 Å². The molecule has 1 fully saturated rings. The van der Waals surface area contributed by atoms with Crippen molar-refractivity contribution >= 4 is 12.3 Å². The summed E-state index contributed by atoms with van der Waals surface area (Å²) in [4.78, 5) is 21.3. The zero-order valence-corrected chi connectivity index (χ0v) is 7.08. The van der Waals surface area contributed by atoms with E-state index in [1.54, 1.807) is 0 Å². The Morgan fingerprint density at radius 2 is 2.33 bits per heavy atom. The number of carbonyl (C=O) groups excluding carboxylic acids is 2. The van der Waals surface area contributed by atoms with Gasteiger partial charge in [-0.25, -0.2) is 0 Å². The maximum atomic E-state index is 11.0. The first-order valence-electron chi connectivity index (χ1n) is 4.04. The van der Waals surface area contributed by atoms with Crippen LogP contribution in [-0.4, -0.2) is 32.0 Å². The lowest BCUT2D eigenvalue weighted by Gasteiger charge is -2.24. The topological polar surface area (TPSA) is 55.4 Å². The van der Waals surface area contributed by atoms with Crippen LogP contribution < -0.4 is 5.32 Å². The molecular weight excluding hydrogens is 158 g/mol. The number of carbonyl (C=O) groups is 2. The molecule has 1 rings (SSSR count). The van der Waals surface area contributed by atoms with Gasteiger partial charge in [-0.15, -0.1) is 0 Å². The fourth-order valence-electron chi connectivity index (χ4n) is 1.34. The lowest BCUT2D eigenvalue weighted by atomic mass is 9.96. The second-order valence-electron chi connectivity index (χ2n) is 2.96. The average Bonchev–Trinajstić information content (AvgIpc) is 2.17. The highest BCUT2D eigenvalue weighted by Crippen LogP contribution is 2.12. The highest BCUT2D eigenvalue weighted by Gasteiger charge is 2.25. The van der Waals surface area contributed by atoms with Gasteiger partial charge in [-0.1, -0.05) is 0 Å². The molecule has 1 unspecified atom stereocenters. The van der Waals surface area contributed by atoms with Gasteiger partial charge in [-0.3, -0.25) is 4.79 Å². The van der Waals surface area contributed by atoms with E-state index in [0.29, 0.717) is 13.0 Å². The third kappa shape index (κ3) is 2.04. The van der Waals surface area contributed by atoms with E-state index in [1.807, 2.05) is 0 Å². The fourth-order valence-corrected chi connectivity index (χ4v) is 1.34. The van der Waals surface area contributed by atoms with Crippen molar-refractivity contribution in [3.05, 3.63) is 0 Å². The van der Waals surface area contributed by atoms with Crippen molar-refractivity contribution in [1.29, 1.82) is 0 Å². The van der Waals surface area contributed by atoms with Crippen LogP contribution in [0, 0.1) is 5.92 Å². The smallest absolute Gasteiger partial charge is 0.322 e. The van der Waals surface area contributed by atoms with E-state index < -0.39 is 0 Å². The predicted octanol–water partition coefficient (Wildman–Crippen LogP) is -0.274. The van der Waals surface area contributed by atoms with Gasteiger partial charge in [-0.05, 0) is 12.8 Å². The molecule has 4 heteroatoms. The first kappa shape index (κ1) is 9.19. The monoisotopic (exact) mass is 171 g/mol. The number of rotatable bonds is 2. The molecule has 1 aliphatic heterocycles. The van der Waals surface area contributed by atoms with Gasteiger partial charge in [0.25, 0.3) is 0 Å². The molecule has 0 saturated carbocycles. The molecule has 0 aromatic carbocycles. The van der Waals surface area contributed by atoms with Crippen LogP contribution in [0.25, 0.3) is 0 Å². The number of nitrogens with one attached hydrogen (secondary N) is 1. The highest BCUT2D eigenvalue weighted by molar-refractivity contribution is 5.76. The quantitative estimate of drug-likeness (QED) is 0.459. The van der Waals surface area contributed by atoms with E-state index in [-0.39, 0.29) is 17.9 Å². The van der Waals surface area contributed by atoms with Crippen LogP contribution in [0.2, 0.25) is 0 Å². The van der Waals surface area contributed by atoms with Gasteiger partial charge in [0.05, 0.1) is 7.11 Å². The summed E-state index contributed by atoms with van der Waals surface area (Å²) in [5, 5.41) is 2.96. The summed E-state index contributed by atoms with van der Waals surface area (Å²) in [6.07, 6.45) is 2.40. The van der Waals surface area contributed by atoms with Gasteiger partial charge in [0.15, 0.2) is 0 Å². The Kier molecular flexibility index (Phi) is 3.22. The summed E-state index contributed by atoms with van der Waals surface area (Å²) in [5.41, 5.74) is 0. The lowest BCUT2D eigenvalue weighted by molar-refractivity contribution is -0.144. The number of hydrogen-bond donors (Lipinski definition) is 1. The lowest BCUT2D eigenvalue weighted by Crippen LogP contribution is -2.44. The van der Waals surface area contributed by atoms with Crippen molar-refractivity contribution in [3.8, 4) is 0 Å². The van der Waals surface area contributed by atoms with Crippen LogP contribution in [-0.2, 0) is 14.3 Å². The van der Waals surface area contributed by atoms with Crippen LogP contribution in [0.4, 0.5) is 0 Å². The van der Waals surface area contributed by atoms with E-state index in [2.05, 4.69) is 10.1 Å². The summed E-state index contributed by atoms with van der Waals surface area (Å²) >= 11 is 0. The Morgan fingerprint density at radius 3 is 2.75 bits per heavy atom. The van der Waals surface area contributed by atoms with E-state index in [0.717, 1.165) is 12.7 Å². The van der Waals surface area contributed by atoms with Crippen LogP contribution in [0.1, 0.15) is 12.8 Å². The maximum Gasteiger partial charge on any atom is 0.322 e. The van der Waals surface area contributed by atoms with E-state index in [9.17, 15) is 9.59 Å². The summed E-state index contributed by atoms with van der Waals surface area (Å²) in [7, 11) is 1.37. The molecule has 1 aliphatic rings. The van der Waals surface area contributed by atoms with Gasteiger partial charge in [0, 0.05) is 12.5 Å². The highest BCUT2D eigenvalue weighted by atomic mass is 16.5. The second-order valence-corrected chi connectivity index (χ2v) is 2.96. The molecule has 4 nitrogen and oxygen atoms in total. The number of piperidine rings is 1. The van der Waals surface area contributed by atoms with Crippen LogP contribution in [0.15, 0.2) is 0 Å². The Hall–Kier alpha value is -0.900. The van der Waals surface area contributed by atoms with Gasteiger partial charge < -0.3 is 14.8 Å². The summed E-state index contributed by atoms with van der Waals surface area (Å²) in [5.74, 6) is -0.176. The zero-order valence-electron chi connectivity index (χ0n) is 7.08. The molecule has 12 heavy (non-hydrogen) atoms. The van der Waals surface area contributed by atoms with Crippen LogP contribution in [0.5, 0.6) is 0 Å². The normalized spacial score (nSPS) is 29.4. The average molecular weight is 171 g/mol. The van der Waals surface area contributed by atoms with Crippen molar-refractivity contribution in [2.45, 2.75) is 18.9 Å². The third-order valence-electron chi connectivity index (χ3n) is 2.13. The minimum Gasteiger partial charge on any atom is -0.468 e. The SMILES string of the molecule is COC(=O)[C@@H]1CCC(C=O)CN1. The standard InChI is InChI=1S/C8H13NO3/c1-12-8(11)7-3-2-6(5-10)4-9-7/h5-7,9H,2-4H2,1H3/t6?,7-/m0/s1. The van der Waals surface area contributed by atoms with Crippen LogP contribution >= 0.6 is 0 Å². The minimum atomic E-state index is -0.237. The largest absolute Gasteiger partial charge is 0.468 e. The van der Waals surface area contributed by atoms with Gasteiger partial charge >= 0.3 is 5.97 Å². The van der Waals surface area contributed by atoms with E-state index in [1.165, 1.54) is 7.11 Å². The van der Waals surface area contributed by atoms with Gasteiger partial charge in [0.2, 0.25) is 0 Å². The minimum absolute atomic E-state index is 0.0610. The van der Waals surface area contributed by atoms with E-state index >= 15 is 0 Å². The molecule has 2 atom stereocenters. The Bertz CT molecular complexity index is 173. The number of esters is 1. The van der Waals surface area contributed by atoms with Crippen LogP contribution in [0.3, 0.4) is 0 Å². The third-order valence-corrected chi connectivity index (χ3v) is 2.13. The molecule has 0 spiro atoms. The van der Waals surface area contributed by atoms with E-state index in [4.69, 9.17) is 0 Å². The van der Waals surface area contributed by atoms with Crippen molar-refractivity contribution in [2.24, 2.45) is 5.92 Å². The summed E-state index contributed by atoms with van der Waals surface area (Å²) in [6.45, 7) is 0.587. The van der Waals surface area contributed by atoms with Crippen molar-refractivity contribution < 1.29 is 14.3 Å². The van der Waals surface area contributed by atoms with Gasteiger partial charge in [-0.2, -0.15) is 0 Å². The Balaban J connectivity index is 2.35. The number of methoxy groups -OCH3 is 1. The van der Waals surface area contributed by atoms with Crippen molar-refractivity contribution in [3.63, 3.8) is 0 Å². The summed E-state index contributed by atoms with van der Waals surface area (Å²) < 4.78 is 4.57. The maximum absolute atomic E-state index is 11.0. The molecular formula is C8H13NO3. The first-order chi connectivity index (χ1) is 5.77. The number of ether oxygens (including phenoxy) is 1. The summed E-state index contributed by atoms with van der Waals surface area (Å²) in [6, 6.07) is -0.216. The molecule has 0 bridgehead atoms. The molecule has 0 amide bonds. The number of hydrogen-bond acceptors (Lipinski definition) is 4. The Labute approximate surface area is 71.3 Å².